The Morgan fingerprint density at radius 2 is 1.12 bits per heavy atom. The van der Waals surface area contributed by atoms with Gasteiger partial charge in [-0.2, -0.15) is 0 Å². The molecule has 0 amide bonds. The van der Waals surface area contributed by atoms with Crippen molar-refractivity contribution >= 4 is 80.8 Å². The molecule has 1 unspecified atom stereocenters. The summed E-state index contributed by atoms with van der Waals surface area (Å²) in [7, 11) is 0. The van der Waals surface area contributed by atoms with Gasteiger partial charge in [0.15, 0.2) is 0 Å². The lowest BCUT2D eigenvalue weighted by Crippen LogP contribution is -2.25. The third-order valence-corrected chi connectivity index (χ3v) is 11.6. The Bertz CT molecular complexity index is 3070. The number of nitrogens with zero attached hydrogens (tertiary/aromatic N) is 3. The van der Waals surface area contributed by atoms with Crippen molar-refractivity contribution in [2.45, 2.75) is 6.29 Å². The molecule has 0 aliphatic carbocycles. The van der Waals surface area contributed by atoms with Crippen LogP contribution in [0.3, 0.4) is 0 Å². The standard InChI is InChI=1S/C46H30N4S/c1-2-11-31(12-3-1)49-40-18-7-4-13-32(40)37-27-29(21-23-42(37)49)30-22-24-43-38(28-30)33-14-5-8-19-41(33)50(43)46-47-26-25-39(48-46)36-17-10-16-35-34-15-6-9-20-44(34)51-45(35)36/h1-28,46-47H. The van der Waals surface area contributed by atoms with Crippen LogP contribution >= 0.6 is 11.3 Å². The molecule has 5 heteroatoms. The first kappa shape index (κ1) is 28.4. The van der Waals surface area contributed by atoms with E-state index in [0.29, 0.717) is 0 Å². The van der Waals surface area contributed by atoms with Crippen molar-refractivity contribution in [2.75, 3.05) is 0 Å². The summed E-state index contributed by atoms with van der Waals surface area (Å²) in [6.07, 6.45) is 3.87. The summed E-state index contributed by atoms with van der Waals surface area (Å²) in [4.78, 5) is 5.37. The van der Waals surface area contributed by atoms with Crippen LogP contribution in [0.15, 0.2) is 175 Å². The molecule has 1 aliphatic heterocycles. The number of rotatable bonds is 4. The SMILES string of the molecule is C1=CC(c2cccc3c2sc2ccccc23)=NC(n2c3ccccc3c3cc(-c4ccc5c(c4)c4ccccc4n5-c4ccccc4)ccc32)N1. The van der Waals surface area contributed by atoms with Crippen LogP contribution in [-0.4, -0.2) is 14.8 Å². The first-order valence-corrected chi connectivity index (χ1v) is 18.1. The monoisotopic (exact) mass is 670 g/mol. The molecule has 1 N–H and O–H groups in total. The number of para-hydroxylation sites is 3. The van der Waals surface area contributed by atoms with Crippen molar-refractivity contribution in [3.8, 4) is 16.8 Å². The molecule has 0 saturated carbocycles. The second-order valence-electron chi connectivity index (χ2n) is 13.2. The largest absolute Gasteiger partial charge is 0.353 e. The van der Waals surface area contributed by atoms with Crippen molar-refractivity contribution in [1.82, 2.24) is 14.5 Å². The van der Waals surface area contributed by atoms with E-state index in [2.05, 4.69) is 184 Å². The average molecular weight is 671 g/mol. The number of benzene rings is 7. The number of hydrogen-bond donors (Lipinski definition) is 1. The Hall–Kier alpha value is -6.43. The fourth-order valence-corrected chi connectivity index (χ4v) is 9.34. The second kappa shape index (κ2) is 11.0. The zero-order chi connectivity index (χ0) is 33.5. The molecule has 7 aromatic carbocycles. The average Bonchev–Trinajstić information content (AvgIpc) is 3.85. The van der Waals surface area contributed by atoms with Crippen LogP contribution in [0.5, 0.6) is 0 Å². The Morgan fingerprint density at radius 3 is 1.94 bits per heavy atom. The van der Waals surface area contributed by atoms with E-state index in [0.717, 1.165) is 16.7 Å². The number of aliphatic imine (C=N–C) groups is 1. The minimum atomic E-state index is -0.289. The van der Waals surface area contributed by atoms with E-state index in [9.17, 15) is 0 Å². The second-order valence-corrected chi connectivity index (χ2v) is 14.3. The van der Waals surface area contributed by atoms with E-state index in [1.807, 2.05) is 11.3 Å². The molecule has 1 aliphatic rings. The molecule has 51 heavy (non-hydrogen) atoms. The maximum atomic E-state index is 5.37. The van der Waals surface area contributed by atoms with Gasteiger partial charge in [0.2, 0.25) is 6.29 Å². The lowest BCUT2D eigenvalue weighted by atomic mass is 10.0. The van der Waals surface area contributed by atoms with E-state index in [1.165, 1.54) is 75.1 Å². The maximum Gasteiger partial charge on any atom is 0.201 e. The number of hydrogen-bond acceptors (Lipinski definition) is 3. The molecule has 11 rings (SSSR count). The molecular formula is C46H30N4S. The topological polar surface area (TPSA) is 34.2 Å². The summed E-state index contributed by atoms with van der Waals surface area (Å²) in [5.74, 6) is 0. The van der Waals surface area contributed by atoms with E-state index < -0.39 is 0 Å². The summed E-state index contributed by atoms with van der Waals surface area (Å²) in [5, 5.41) is 11.1. The lowest BCUT2D eigenvalue weighted by Gasteiger charge is -2.22. The molecular weight excluding hydrogens is 641 g/mol. The van der Waals surface area contributed by atoms with Crippen LogP contribution in [0.25, 0.3) is 80.6 Å². The van der Waals surface area contributed by atoms with Crippen molar-refractivity contribution in [3.05, 3.63) is 176 Å². The zero-order valence-electron chi connectivity index (χ0n) is 27.5. The Labute approximate surface area is 297 Å². The fraction of sp³-hybridized carbons (Fsp3) is 0.0217. The first-order valence-electron chi connectivity index (χ1n) is 17.3. The summed E-state index contributed by atoms with van der Waals surface area (Å²) >= 11 is 1.84. The highest BCUT2D eigenvalue weighted by atomic mass is 32.1. The summed E-state index contributed by atoms with van der Waals surface area (Å²) in [5.41, 5.74) is 10.5. The molecule has 0 bridgehead atoms. The van der Waals surface area contributed by atoms with Crippen LogP contribution in [0.1, 0.15) is 11.9 Å². The van der Waals surface area contributed by atoms with E-state index >= 15 is 0 Å². The first-order chi connectivity index (χ1) is 25.3. The van der Waals surface area contributed by atoms with Gasteiger partial charge in [0, 0.05) is 59.2 Å². The maximum absolute atomic E-state index is 5.37. The van der Waals surface area contributed by atoms with Crippen LogP contribution in [-0.2, 0) is 0 Å². The van der Waals surface area contributed by atoms with Gasteiger partial charge in [-0.3, -0.25) is 0 Å². The molecule has 0 saturated heterocycles. The van der Waals surface area contributed by atoms with Gasteiger partial charge in [-0.05, 0) is 71.8 Å². The lowest BCUT2D eigenvalue weighted by molar-refractivity contribution is 0.499. The van der Waals surface area contributed by atoms with Crippen molar-refractivity contribution in [1.29, 1.82) is 0 Å². The van der Waals surface area contributed by atoms with Gasteiger partial charge in [0.05, 0.1) is 27.8 Å². The molecule has 10 aromatic rings. The predicted molar refractivity (Wildman–Crippen MR) is 216 cm³/mol. The van der Waals surface area contributed by atoms with Crippen LogP contribution in [0.2, 0.25) is 0 Å². The summed E-state index contributed by atoms with van der Waals surface area (Å²) in [6, 6.07) is 57.1. The van der Waals surface area contributed by atoms with Crippen molar-refractivity contribution in [3.63, 3.8) is 0 Å². The Morgan fingerprint density at radius 1 is 0.510 bits per heavy atom. The van der Waals surface area contributed by atoms with Gasteiger partial charge in [-0.15, -0.1) is 11.3 Å². The van der Waals surface area contributed by atoms with Crippen LogP contribution in [0, 0.1) is 0 Å². The van der Waals surface area contributed by atoms with Gasteiger partial charge >= 0.3 is 0 Å². The molecule has 3 aromatic heterocycles. The normalized spacial score (nSPS) is 14.7. The molecule has 4 heterocycles. The van der Waals surface area contributed by atoms with Crippen molar-refractivity contribution < 1.29 is 0 Å². The predicted octanol–water partition coefficient (Wildman–Crippen LogP) is 12.0. The van der Waals surface area contributed by atoms with Crippen molar-refractivity contribution in [2.24, 2.45) is 4.99 Å². The molecule has 4 nitrogen and oxygen atoms in total. The van der Waals surface area contributed by atoms with E-state index in [4.69, 9.17) is 4.99 Å². The van der Waals surface area contributed by atoms with Gasteiger partial charge in [-0.25, -0.2) is 4.99 Å². The van der Waals surface area contributed by atoms with E-state index in [-0.39, 0.29) is 6.29 Å². The van der Waals surface area contributed by atoms with Crippen LogP contribution < -0.4 is 5.32 Å². The third kappa shape index (κ3) is 4.28. The summed E-state index contributed by atoms with van der Waals surface area (Å²) < 4.78 is 7.29. The Balaban J connectivity index is 1.05. The third-order valence-electron chi connectivity index (χ3n) is 10.4. The molecule has 0 radical (unpaired) electrons. The van der Waals surface area contributed by atoms with Gasteiger partial charge in [-0.1, -0.05) is 103 Å². The zero-order valence-corrected chi connectivity index (χ0v) is 28.3. The van der Waals surface area contributed by atoms with Gasteiger partial charge in [0.1, 0.15) is 0 Å². The molecule has 0 fully saturated rings. The van der Waals surface area contributed by atoms with Crippen LogP contribution in [0.4, 0.5) is 0 Å². The Kier molecular flexibility index (Phi) is 6.15. The number of aromatic nitrogens is 2. The minimum Gasteiger partial charge on any atom is -0.353 e. The number of thiophene rings is 1. The van der Waals surface area contributed by atoms with Gasteiger partial charge in [0.25, 0.3) is 0 Å². The smallest absolute Gasteiger partial charge is 0.201 e. The number of nitrogens with one attached hydrogen (secondary N) is 1. The number of fused-ring (bicyclic) bond motifs is 9. The quantitative estimate of drug-likeness (QED) is 0.199. The molecule has 240 valence electrons. The number of allylic oxidation sites excluding steroid dienone is 1. The fourth-order valence-electron chi connectivity index (χ4n) is 8.12. The van der Waals surface area contributed by atoms with E-state index in [1.54, 1.807) is 0 Å². The van der Waals surface area contributed by atoms with Gasteiger partial charge < -0.3 is 14.5 Å². The molecule has 0 spiro atoms. The minimum absolute atomic E-state index is 0.289. The highest BCUT2D eigenvalue weighted by Crippen LogP contribution is 2.40. The highest BCUT2D eigenvalue weighted by Gasteiger charge is 2.22. The summed E-state index contributed by atoms with van der Waals surface area (Å²) in [6.45, 7) is 0. The molecule has 1 atom stereocenters. The highest BCUT2D eigenvalue weighted by molar-refractivity contribution is 7.26.